The third kappa shape index (κ3) is 4.10. The average Bonchev–Trinajstić information content (AvgIpc) is 2.25. The van der Waals surface area contributed by atoms with E-state index in [2.05, 4.69) is 13.8 Å². The molecule has 0 aliphatic heterocycles. The predicted molar refractivity (Wildman–Crippen MR) is 67.8 cm³/mol. The third-order valence-corrected chi connectivity index (χ3v) is 2.43. The van der Waals surface area contributed by atoms with Crippen LogP contribution in [0.1, 0.15) is 49.5 Å². The first-order chi connectivity index (χ1) is 7.90. The van der Waals surface area contributed by atoms with Crippen molar-refractivity contribution in [3.05, 3.63) is 29.3 Å². The number of benzene rings is 1. The Morgan fingerprint density at radius 2 is 1.88 bits per heavy atom. The van der Waals surface area contributed by atoms with Gasteiger partial charge in [0.05, 0.1) is 12.2 Å². The highest BCUT2D eigenvalue weighted by atomic mass is 16.5. The molecule has 17 heavy (non-hydrogen) atoms. The van der Waals surface area contributed by atoms with Crippen LogP contribution in [0.4, 0.5) is 0 Å². The molecule has 1 rings (SSSR count). The molecule has 1 aromatic rings. The van der Waals surface area contributed by atoms with Crippen LogP contribution in [-0.2, 0) is 0 Å². The van der Waals surface area contributed by atoms with Crippen molar-refractivity contribution in [2.75, 3.05) is 6.61 Å². The summed E-state index contributed by atoms with van der Waals surface area (Å²) >= 11 is 0. The van der Waals surface area contributed by atoms with Crippen LogP contribution in [0, 0.1) is 5.92 Å². The van der Waals surface area contributed by atoms with Crippen LogP contribution in [0.5, 0.6) is 5.75 Å². The fourth-order valence-corrected chi connectivity index (χ4v) is 1.43. The van der Waals surface area contributed by atoms with Crippen LogP contribution in [0.25, 0.3) is 0 Å². The van der Waals surface area contributed by atoms with Gasteiger partial charge in [-0.3, -0.25) is 0 Å². The maximum absolute atomic E-state index is 11.0. The van der Waals surface area contributed by atoms with E-state index in [9.17, 15) is 4.79 Å². The average molecular weight is 236 g/mol. The molecule has 0 bridgehead atoms. The highest BCUT2D eigenvalue weighted by Gasteiger charge is 2.10. The molecule has 0 spiro atoms. The maximum atomic E-state index is 11.0. The second kappa shape index (κ2) is 5.71. The van der Waals surface area contributed by atoms with E-state index in [1.807, 2.05) is 19.9 Å². The first-order valence-electron chi connectivity index (χ1n) is 5.91. The number of hydrogen-bond donors (Lipinski definition) is 1. The molecule has 0 radical (unpaired) electrons. The number of carboxylic acids is 1. The summed E-state index contributed by atoms with van der Waals surface area (Å²) in [6, 6.07) is 5.20. The Morgan fingerprint density at radius 3 is 2.35 bits per heavy atom. The standard InChI is InChI=1S/C14H20O3/c1-9(2)8-17-13-6-11(10(3)4)5-12(7-13)14(15)16/h5-7,9-10H,8H2,1-4H3,(H,15,16). The van der Waals surface area contributed by atoms with Gasteiger partial charge in [0, 0.05) is 0 Å². The van der Waals surface area contributed by atoms with Gasteiger partial charge in [0.2, 0.25) is 0 Å². The Balaban J connectivity index is 2.99. The van der Waals surface area contributed by atoms with Crippen molar-refractivity contribution in [3.8, 4) is 5.75 Å². The van der Waals surface area contributed by atoms with Gasteiger partial charge in [0.1, 0.15) is 5.75 Å². The van der Waals surface area contributed by atoms with E-state index < -0.39 is 5.97 Å². The van der Waals surface area contributed by atoms with E-state index in [1.54, 1.807) is 12.1 Å². The van der Waals surface area contributed by atoms with E-state index in [1.165, 1.54) is 0 Å². The van der Waals surface area contributed by atoms with Crippen molar-refractivity contribution >= 4 is 5.97 Å². The molecule has 0 atom stereocenters. The minimum Gasteiger partial charge on any atom is -0.493 e. The Hall–Kier alpha value is -1.51. The molecule has 0 saturated carbocycles. The van der Waals surface area contributed by atoms with Crippen LogP contribution in [0.15, 0.2) is 18.2 Å². The fraction of sp³-hybridized carbons (Fsp3) is 0.500. The zero-order valence-corrected chi connectivity index (χ0v) is 10.9. The summed E-state index contributed by atoms with van der Waals surface area (Å²) in [6.45, 7) is 8.79. The topological polar surface area (TPSA) is 46.5 Å². The van der Waals surface area contributed by atoms with E-state index in [4.69, 9.17) is 9.84 Å². The largest absolute Gasteiger partial charge is 0.493 e. The first-order valence-corrected chi connectivity index (χ1v) is 5.91. The number of carbonyl (C=O) groups is 1. The molecule has 0 aliphatic carbocycles. The van der Waals surface area contributed by atoms with Crippen LogP contribution < -0.4 is 4.74 Å². The van der Waals surface area contributed by atoms with Gasteiger partial charge in [-0.2, -0.15) is 0 Å². The minimum atomic E-state index is -0.915. The van der Waals surface area contributed by atoms with Gasteiger partial charge in [0.15, 0.2) is 0 Å². The fourth-order valence-electron chi connectivity index (χ4n) is 1.43. The SMILES string of the molecule is CC(C)COc1cc(C(=O)O)cc(C(C)C)c1. The lowest BCUT2D eigenvalue weighted by molar-refractivity contribution is 0.0696. The van der Waals surface area contributed by atoms with Crippen molar-refractivity contribution < 1.29 is 14.6 Å². The monoisotopic (exact) mass is 236 g/mol. The number of hydrogen-bond acceptors (Lipinski definition) is 2. The second-order valence-electron chi connectivity index (χ2n) is 4.96. The third-order valence-electron chi connectivity index (χ3n) is 2.43. The molecular formula is C14H20O3. The second-order valence-corrected chi connectivity index (χ2v) is 4.96. The molecule has 0 amide bonds. The number of carboxylic acid groups (broad SMARTS) is 1. The van der Waals surface area contributed by atoms with Crippen molar-refractivity contribution in [1.82, 2.24) is 0 Å². The first kappa shape index (κ1) is 13.6. The van der Waals surface area contributed by atoms with E-state index in [0.29, 0.717) is 18.3 Å². The van der Waals surface area contributed by atoms with Gasteiger partial charge < -0.3 is 9.84 Å². The Bertz CT molecular complexity index is 394. The van der Waals surface area contributed by atoms with Gasteiger partial charge in [-0.05, 0) is 35.6 Å². The van der Waals surface area contributed by atoms with Crippen LogP contribution in [0.3, 0.4) is 0 Å². The van der Waals surface area contributed by atoms with Crippen molar-refractivity contribution in [1.29, 1.82) is 0 Å². The number of rotatable bonds is 5. The van der Waals surface area contributed by atoms with Gasteiger partial charge in [-0.15, -0.1) is 0 Å². The molecule has 3 heteroatoms. The lowest BCUT2D eigenvalue weighted by Crippen LogP contribution is -2.06. The Labute approximate surface area is 102 Å². The molecule has 1 aromatic carbocycles. The van der Waals surface area contributed by atoms with Crippen LogP contribution in [-0.4, -0.2) is 17.7 Å². The van der Waals surface area contributed by atoms with Crippen molar-refractivity contribution in [2.24, 2.45) is 5.92 Å². The molecule has 0 aromatic heterocycles. The zero-order chi connectivity index (χ0) is 13.0. The summed E-state index contributed by atoms with van der Waals surface area (Å²) in [4.78, 5) is 11.0. The summed E-state index contributed by atoms with van der Waals surface area (Å²) in [5.41, 5.74) is 1.28. The van der Waals surface area contributed by atoms with Gasteiger partial charge in [-0.1, -0.05) is 27.7 Å². The quantitative estimate of drug-likeness (QED) is 0.850. The summed E-state index contributed by atoms with van der Waals surface area (Å²) in [6.07, 6.45) is 0. The normalized spacial score (nSPS) is 10.9. The number of aromatic carboxylic acids is 1. The van der Waals surface area contributed by atoms with Crippen molar-refractivity contribution in [2.45, 2.75) is 33.6 Å². The molecule has 3 nitrogen and oxygen atoms in total. The molecule has 1 N–H and O–H groups in total. The Morgan fingerprint density at radius 1 is 1.24 bits per heavy atom. The molecule has 94 valence electrons. The smallest absolute Gasteiger partial charge is 0.335 e. The van der Waals surface area contributed by atoms with Crippen molar-refractivity contribution in [3.63, 3.8) is 0 Å². The summed E-state index contributed by atoms with van der Waals surface area (Å²) in [5.74, 6) is 0.436. The zero-order valence-electron chi connectivity index (χ0n) is 10.9. The van der Waals surface area contributed by atoms with E-state index in [-0.39, 0.29) is 11.5 Å². The summed E-state index contributed by atoms with van der Waals surface area (Å²) < 4.78 is 5.59. The lowest BCUT2D eigenvalue weighted by Gasteiger charge is -2.13. The van der Waals surface area contributed by atoms with E-state index in [0.717, 1.165) is 5.56 Å². The highest BCUT2D eigenvalue weighted by Crippen LogP contribution is 2.23. The molecule has 0 saturated heterocycles. The molecular weight excluding hydrogens is 216 g/mol. The predicted octanol–water partition coefficient (Wildman–Crippen LogP) is 3.54. The molecule has 0 fully saturated rings. The minimum absolute atomic E-state index is 0.287. The summed E-state index contributed by atoms with van der Waals surface area (Å²) in [7, 11) is 0. The van der Waals surface area contributed by atoms with Crippen LogP contribution in [0.2, 0.25) is 0 Å². The van der Waals surface area contributed by atoms with Crippen LogP contribution >= 0.6 is 0 Å². The van der Waals surface area contributed by atoms with Gasteiger partial charge in [0.25, 0.3) is 0 Å². The lowest BCUT2D eigenvalue weighted by atomic mass is 10.0. The number of ether oxygens (including phenoxy) is 1. The maximum Gasteiger partial charge on any atom is 0.335 e. The molecule has 0 heterocycles. The molecule has 0 unspecified atom stereocenters. The Kier molecular flexibility index (Phi) is 4.55. The van der Waals surface area contributed by atoms with Gasteiger partial charge >= 0.3 is 5.97 Å². The summed E-state index contributed by atoms with van der Waals surface area (Å²) in [5, 5.41) is 9.04. The molecule has 0 aliphatic rings. The highest BCUT2D eigenvalue weighted by molar-refractivity contribution is 5.88. The van der Waals surface area contributed by atoms with Gasteiger partial charge in [-0.25, -0.2) is 4.79 Å². The van der Waals surface area contributed by atoms with E-state index >= 15 is 0 Å².